The largest absolute Gasteiger partial charge is 0.497 e. The molecule has 0 spiro atoms. The van der Waals surface area contributed by atoms with Crippen LogP contribution >= 0.6 is 24.0 Å². The van der Waals surface area contributed by atoms with E-state index in [9.17, 15) is 13.2 Å². The molecule has 0 heterocycles. The van der Waals surface area contributed by atoms with Gasteiger partial charge in [0.05, 0.1) is 19.8 Å². The minimum Gasteiger partial charge on any atom is -0.497 e. The van der Waals surface area contributed by atoms with Crippen LogP contribution in [0.1, 0.15) is 16.7 Å². The summed E-state index contributed by atoms with van der Waals surface area (Å²) in [6.07, 6.45) is -4.47. The highest BCUT2D eigenvalue weighted by atomic mass is 127. The number of hydrogen-bond donors (Lipinski definition) is 2. The Hall–Kier alpha value is -2.17. The van der Waals surface area contributed by atoms with Crippen molar-refractivity contribution in [3.63, 3.8) is 0 Å². The van der Waals surface area contributed by atoms with E-state index in [1.54, 1.807) is 14.2 Å². The first-order valence-corrected chi connectivity index (χ1v) is 8.19. The van der Waals surface area contributed by atoms with Crippen molar-refractivity contribution in [1.82, 2.24) is 10.6 Å². The fraction of sp³-hybridized carbons (Fsp3) is 0.316. The first-order chi connectivity index (χ1) is 12.9. The van der Waals surface area contributed by atoms with Gasteiger partial charge in [0, 0.05) is 25.7 Å². The molecule has 0 aliphatic carbocycles. The number of methoxy groups -OCH3 is 2. The van der Waals surface area contributed by atoms with E-state index in [1.165, 1.54) is 19.2 Å². The molecule has 0 aliphatic heterocycles. The Morgan fingerprint density at radius 3 is 2.18 bits per heavy atom. The van der Waals surface area contributed by atoms with Gasteiger partial charge in [-0.25, -0.2) is 0 Å². The minimum absolute atomic E-state index is 0. The quantitative estimate of drug-likeness (QED) is 0.348. The van der Waals surface area contributed by atoms with Crippen molar-refractivity contribution < 1.29 is 22.6 Å². The summed E-state index contributed by atoms with van der Waals surface area (Å²) < 4.78 is 50.0. The van der Waals surface area contributed by atoms with E-state index < -0.39 is 11.7 Å². The summed E-state index contributed by atoms with van der Waals surface area (Å²) >= 11 is 0. The van der Waals surface area contributed by atoms with Gasteiger partial charge in [0.1, 0.15) is 11.5 Å². The van der Waals surface area contributed by atoms with Gasteiger partial charge in [-0.15, -0.1) is 24.0 Å². The summed E-state index contributed by atoms with van der Waals surface area (Å²) in [5.74, 6) is 1.25. The van der Waals surface area contributed by atoms with E-state index in [2.05, 4.69) is 15.6 Å². The fourth-order valence-corrected chi connectivity index (χ4v) is 2.53. The molecular formula is C19H23F3IN3O2. The van der Waals surface area contributed by atoms with E-state index in [0.717, 1.165) is 17.4 Å². The van der Waals surface area contributed by atoms with Crippen LogP contribution in [0.5, 0.6) is 11.5 Å². The van der Waals surface area contributed by atoms with E-state index >= 15 is 0 Å². The number of ether oxygens (including phenoxy) is 2. The Kier molecular flexibility index (Phi) is 9.36. The third-order valence-corrected chi connectivity index (χ3v) is 3.93. The summed E-state index contributed by atoms with van der Waals surface area (Å²) in [5, 5.41) is 5.97. The number of nitrogens with one attached hydrogen (secondary N) is 2. The maximum atomic E-state index is 13.3. The van der Waals surface area contributed by atoms with Crippen LogP contribution in [0.4, 0.5) is 13.2 Å². The molecule has 0 atom stereocenters. The zero-order valence-corrected chi connectivity index (χ0v) is 18.1. The van der Waals surface area contributed by atoms with Crippen LogP contribution < -0.4 is 20.1 Å². The number of nitrogens with zero attached hydrogens (tertiary/aromatic N) is 1. The summed E-state index contributed by atoms with van der Waals surface area (Å²) in [7, 11) is 4.46. The van der Waals surface area contributed by atoms with Crippen molar-refractivity contribution in [2.24, 2.45) is 4.99 Å². The SMILES string of the molecule is CN=C(NCc1ccccc1OC)NCc1ccc(OC)cc1C(F)(F)F.I. The number of alkyl halides is 3. The van der Waals surface area contributed by atoms with Crippen LogP contribution in [0, 0.1) is 0 Å². The van der Waals surface area contributed by atoms with Crippen molar-refractivity contribution in [2.75, 3.05) is 21.3 Å². The molecule has 0 aromatic heterocycles. The van der Waals surface area contributed by atoms with Crippen molar-refractivity contribution in [3.05, 3.63) is 59.2 Å². The summed E-state index contributed by atoms with van der Waals surface area (Å²) in [4.78, 5) is 4.05. The lowest BCUT2D eigenvalue weighted by Gasteiger charge is -2.17. The average molecular weight is 509 g/mol. The van der Waals surface area contributed by atoms with E-state index in [-0.39, 0.29) is 41.8 Å². The third-order valence-electron chi connectivity index (χ3n) is 3.93. The lowest BCUT2D eigenvalue weighted by molar-refractivity contribution is -0.138. The molecule has 154 valence electrons. The smallest absolute Gasteiger partial charge is 0.416 e. The predicted molar refractivity (Wildman–Crippen MR) is 113 cm³/mol. The molecule has 0 fully saturated rings. The average Bonchev–Trinajstić information content (AvgIpc) is 2.67. The summed E-state index contributed by atoms with van der Waals surface area (Å²) in [6, 6.07) is 11.3. The molecule has 28 heavy (non-hydrogen) atoms. The summed E-state index contributed by atoms with van der Waals surface area (Å²) in [5.41, 5.74) is 0.265. The molecule has 0 aliphatic rings. The van der Waals surface area contributed by atoms with Crippen LogP contribution in [0.15, 0.2) is 47.5 Å². The summed E-state index contributed by atoms with van der Waals surface area (Å²) in [6.45, 7) is 0.378. The molecule has 0 unspecified atom stereocenters. The molecule has 0 saturated carbocycles. The van der Waals surface area contributed by atoms with Gasteiger partial charge in [-0.2, -0.15) is 13.2 Å². The molecule has 2 N–H and O–H groups in total. The Bertz CT molecular complexity index is 798. The van der Waals surface area contributed by atoms with Crippen LogP contribution in [0.25, 0.3) is 0 Å². The zero-order valence-electron chi connectivity index (χ0n) is 15.8. The number of benzene rings is 2. The number of halogens is 4. The molecule has 0 saturated heterocycles. The highest BCUT2D eigenvalue weighted by Crippen LogP contribution is 2.34. The van der Waals surface area contributed by atoms with Crippen LogP contribution in [-0.4, -0.2) is 27.2 Å². The van der Waals surface area contributed by atoms with E-state index in [4.69, 9.17) is 9.47 Å². The highest BCUT2D eigenvalue weighted by molar-refractivity contribution is 14.0. The van der Waals surface area contributed by atoms with Gasteiger partial charge in [-0.05, 0) is 23.8 Å². The van der Waals surface area contributed by atoms with Gasteiger partial charge in [0.15, 0.2) is 5.96 Å². The minimum atomic E-state index is -4.47. The van der Waals surface area contributed by atoms with Crippen molar-refractivity contribution in [2.45, 2.75) is 19.3 Å². The topological polar surface area (TPSA) is 54.9 Å². The van der Waals surface area contributed by atoms with Gasteiger partial charge >= 0.3 is 6.18 Å². The van der Waals surface area contributed by atoms with Crippen LogP contribution in [0.3, 0.4) is 0 Å². The number of guanidine groups is 1. The second kappa shape index (κ2) is 11.0. The molecular weight excluding hydrogens is 486 g/mol. The lowest BCUT2D eigenvalue weighted by atomic mass is 10.1. The van der Waals surface area contributed by atoms with Crippen molar-refractivity contribution in [1.29, 1.82) is 0 Å². The van der Waals surface area contributed by atoms with Gasteiger partial charge in [0.2, 0.25) is 0 Å². The number of rotatable bonds is 6. The standard InChI is InChI=1S/C19H22F3N3O2.HI/c1-23-18(25-12-14-6-4-5-7-17(14)27-3)24-11-13-8-9-15(26-2)10-16(13)19(20,21)22;/h4-10H,11-12H2,1-3H3,(H2,23,24,25);1H. The molecule has 9 heteroatoms. The Morgan fingerprint density at radius 1 is 0.964 bits per heavy atom. The normalized spacial score (nSPS) is 11.4. The highest BCUT2D eigenvalue weighted by Gasteiger charge is 2.33. The number of aliphatic imine (C=N–C) groups is 1. The van der Waals surface area contributed by atoms with E-state index in [1.807, 2.05) is 24.3 Å². The molecule has 5 nitrogen and oxygen atoms in total. The lowest BCUT2D eigenvalue weighted by Crippen LogP contribution is -2.36. The Morgan fingerprint density at radius 2 is 1.61 bits per heavy atom. The maximum absolute atomic E-state index is 13.3. The maximum Gasteiger partial charge on any atom is 0.416 e. The zero-order chi connectivity index (χ0) is 19.9. The third kappa shape index (κ3) is 6.47. The Labute approximate surface area is 179 Å². The molecule has 0 amide bonds. The molecule has 2 aromatic rings. The Balaban J connectivity index is 0.00000392. The number of para-hydroxylation sites is 1. The predicted octanol–water partition coefficient (Wildman–Crippen LogP) is 4.21. The molecule has 0 bridgehead atoms. The van der Waals surface area contributed by atoms with Gasteiger partial charge < -0.3 is 20.1 Å². The van der Waals surface area contributed by atoms with Crippen LogP contribution in [0.2, 0.25) is 0 Å². The second-order valence-electron chi connectivity index (χ2n) is 5.61. The first-order valence-electron chi connectivity index (χ1n) is 8.19. The molecule has 2 rings (SSSR count). The van der Waals surface area contributed by atoms with Crippen molar-refractivity contribution in [3.8, 4) is 11.5 Å². The van der Waals surface area contributed by atoms with Crippen molar-refractivity contribution >= 4 is 29.9 Å². The molecule has 0 radical (unpaired) electrons. The van der Waals surface area contributed by atoms with Gasteiger partial charge in [-0.1, -0.05) is 24.3 Å². The second-order valence-corrected chi connectivity index (χ2v) is 5.61. The van der Waals surface area contributed by atoms with Crippen LogP contribution in [-0.2, 0) is 19.3 Å². The van der Waals surface area contributed by atoms with Gasteiger partial charge in [0.25, 0.3) is 0 Å². The first kappa shape index (κ1) is 23.9. The van der Waals surface area contributed by atoms with Gasteiger partial charge in [-0.3, -0.25) is 4.99 Å². The molecule has 2 aromatic carbocycles. The number of hydrogen-bond acceptors (Lipinski definition) is 3. The fourth-order valence-electron chi connectivity index (χ4n) is 2.53. The monoisotopic (exact) mass is 509 g/mol. The van der Waals surface area contributed by atoms with E-state index in [0.29, 0.717) is 12.5 Å².